The zero-order valence-electron chi connectivity index (χ0n) is 18.1. The lowest BCUT2D eigenvalue weighted by atomic mass is 9.92. The van der Waals surface area contributed by atoms with E-state index in [2.05, 4.69) is 39.0 Å². The highest BCUT2D eigenvalue weighted by atomic mass is 16.5. The summed E-state index contributed by atoms with van der Waals surface area (Å²) in [4.78, 5) is 15.2. The van der Waals surface area contributed by atoms with Gasteiger partial charge in [-0.2, -0.15) is 0 Å². The number of para-hydroxylation sites is 2. The number of amides is 1. The van der Waals surface area contributed by atoms with E-state index in [0.29, 0.717) is 18.8 Å². The summed E-state index contributed by atoms with van der Waals surface area (Å²) in [5, 5.41) is 13.3. The maximum absolute atomic E-state index is 13.0. The molecule has 1 unspecified atom stereocenters. The van der Waals surface area contributed by atoms with E-state index >= 15 is 0 Å². The first-order valence-electron chi connectivity index (χ1n) is 11.4. The average molecular weight is 432 g/mol. The van der Waals surface area contributed by atoms with Crippen molar-refractivity contribution in [2.45, 2.75) is 50.5 Å². The molecule has 2 N–H and O–H groups in total. The maximum atomic E-state index is 13.0. The first-order chi connectivity index (χ1) is 15.7. The van der Waals surface area contributed by atoms with Gasteiger partial charge in [-0.3, -0.25) is 4.79 Å². The molecule has 0 bridgehead atoms. The number of hydrogen-bond acceptors (Lipinski definition) is 4. The number of aromatic nitrogens is 1. The van der Waals surface area contributed by atoms with E-state index in [1.165, 1.54) is 5.56 Å². The fourth-order valence-corrected chi connectivity index (χ4v) is 4.65. The van der Waals surface area contributed by atoms with Crippen molar-refractivity contribution in [2.24, 2.45) is 0 Å². The van der Waals surface area contributed by atoms with E-state index in [-0.39, 0.29) is 11.9 Å². The number of carbonyl (C=O) groups excluding carboxylic acids is 1. The Balaban J connectivity index is 1.31. The lowest BCUT2D eigenvalue weighted by Gasteiger charge is -2.37. The summed E-state index contributed by atoms with van der Waals surface area (Å²) in [5.74, 6) is 0.561. The predicted molar refractivity (Wildman–Crippen MR) is 124 cm³/mol. The van der Waals surface area contributed by atoms with Crippen molar-refractivity contribution in [2.75, 3.05) is 11.4 Å². The van der Waals surface area contributed by atoms with Gasteiger partial charge in [-0.05, 0) is 54.8 Å². The van der Waals surface area contributed by atoms with E-state index in [0.717, 1.165) is 37.1 Å². The summed E-state index contributed by atoms with van der Waals surface area (Å²) in [7, 11) is 0. The summed E-state index contributed by atoms with van der Waals surface area (Å²) in [6.07, 6.45) is 6.56. The van der Waals surface area contributed by atoms with Gasteiger partial charge in [0.1, 0.15) is 5.75 Å². The standard InChI is InChI=1S/C26H29N3O3/c30-23-9-3-1-7-21(23)27-26(31)25-18-29(22-8-2-4-10-24(22)32-25)17-19-11-13-20(14-12-19)28-15-5-6-16-28/h2,4-6,8,10-16,21,23,25,30H,1,3,7,9,17-18H2,(H,27,31)/t21-,23-,25?/m0/s1. The van der Waals surface area contributed by atoms with Gasteiger partial charge < -0.3 is 24.6 Å². The van der Waals surface area contributed by atoms with Gasteiger partial charge >= 0.3 is 0 Å². The Bertz CT molecular complexity index is 1050. The maximum Gasteiger partial charge on any atom is 0.263 e. The van der Waals surface area contributed by atoms with Gasteiger partial charge in [0.2, 0.25) is 0 Å². The number of hydrogen-bond donors (Lipinski definition) is 2. The molecular formula is C26H29N3O3. The second kappa shape index (κ2) is 9.09. The fraction of sp³-hybridized carbons (Fsp3) is 0.346. The Hall–Kier alpha value is -3.25. The average Bonchev–Trinajstić information content (AvgIpc) is 3.36. The van der Waals surface area contributed by atoms with Crippen LogP contribution in [0.1, 0.15) is 31.2 Å². The Labute approximate surface area is 188 Å². The molecule has 0 spiro atoms. The quantitative estimate of drug-likeness (QED) is 0.647. The number of carbonyl (C=O) groups is 1. The molecule has 5 rings (SSSR count). The number of nitrogens with one attached hydrogen (secondary N) is 1. The highest BCUT2D eigenvalue weighted by Crippen LogP contribution is 2.34. The van der Waals surface area contributed by atoms with Gasteiger partial charge in [-0.1, -0.05) is 37.1 Å². The van der Waals surface area contributed by atoms with Gasteiger partial charge in [0.15, 0.2) is 6.10 Å². The topological polar surface area (TPSA) is 66.7 Å². The zero-order chi connectivity index (χ0) is 21.9. The van der Waals surface area contributed by atoms with Crippen molar-refractivity contribution >= 4 is 11.6 Å². The van der Waals surface area contributed by atoms with Crippen LogP contribution >= 0.6 is 0 Å². The first-order valence-corrected chi connectivity index (χ1v) is 11.4. The van der Waals surface area contributed by atoms with Crippen molar-refractivity contribution in [3.63, 3.8) is 0 Å². The molecule has 0 radical (unpaired) electrons. The molecule has 6 heteroatoms. The Morgan fingerprint density at radius 3 is 2.53 bits per heavy atom. The minimum Gasteiger partial charge on any atom is -0.477 e. The van der Waals surface area contributed by atoms with Crippen LogP contribution in [0.4, 0.5) is 5.69 Å². The van der Waals surface area contributed by atoms with Crippen LogP contribution in [0.2, 0.25) is 0 Å². The van der Waals surface area contributed by atoms with Crippen LogP contribution in [-0.2, 0) is 11.3 Å². The molecule has 2 aromatic carbocycles. The van der Waals surface area contributed by atoms with Gasteiger partial charge in [0, 0.05) is 24.6 Å². The van der Waals surface area contributed by atoms with E-state index in [1.54, 1.807) is 0 Å². The molecule has 1 aliphatic carbocycles. The number of nitrogens with zero attached hydrogens (tertiary/aromatic N) is 2. The van der Waals surface area contributed by atoms with Gasteiger partial charge in [0.25, 0.3) is 5.91 Å². The highest BCUT2D eigenvalue weighted by molar-refractivity contribution is 5.83. The van der Waals surface area contributed by atoms with Crippen LogP contribution in [0.3, 0.4) is 0 Å². The van der Waals surface area contributed by atoms with Crippen molar-refractivity contribution in [3.05, 3.63) is 78.6 Å². The number of aliphatic hydroxyl groups excluding tert-OH is 1. The molecule has 1 aliphatic heterocycles. The number of anilines is 1. The minimum atomic E-state index is -0.613. The molecule has 3 aromatic rings. The molecule has 1 amide bonds. The van der Waals surface area contributed by atoms with Crippen LogP contribution in [0.25, 0.3) is 5.69 Å². The third-order valence-corrected chi connectivity index (χ3v) is 6.42. The molecule has 0 saturated heterocycles. The molecule has 32 heavy (non-hydrogen) atoms. The zero-order valence-corrected chi connectivity index (χ0v) is 18.1. The number of fused-ring (bicyclic) bond motifs is 1. The van der Waals surface area contributed by atoms with Gasteiger partial charge in [0.05, 0.1) is 24.4 Å². The monoisotopic (exact) mass is 431 g/mol. The second-order valence-corrected chi connectivity index (χ2v) is 8.68. The van der Waals surface area contributed by atoms with Crippen molar-refractivity contribution in [1.29, 1.82) is 0 Å². The lowest BCUT2D eigenvalue weighted by Crippen LogP contribution is -2.54. The molecule has 1 aromatic heterocycles. The predicted octanol–water partition coefficient (Wildman–Crippen LogP) is 3.66. The van der Waals surface area contributed by atoms with Crippen LogP contribution in [0, 0.1) is 0 Å². The summed E-state index contributed by atoms with van der Waals surface area (Å²) in [5.41, 5.74) is 3.27. The molecule has 2 aliphatic rings. The lowest BCUT2D eigenvalue weighted by molar-refractivity contribution is -0.129. The fourth-order valence-electron chi connectivity index (χ4n) is 4.65. The van der Waals surface area contributed by atoms with E-state index in [9.17, 15) is 9.90 Å². The highest BCUT2D eigenvalue weighted by Gasteiger charge is 2.33. The van der Waals surface area contributed by atoms with Crippen LogP contribution in [0.5, 0.6) is 5.75 Å². The van der Waals surface area contributed by atoms with Gasteiger partial charge in [-0.25, -0.2) is 0 Å². The summed E-state index contributed by atoms with van der Waals surface area (Å²) >= 11 is 0. The smallest absolute Gasteiger partial charge is 0.263 e. The summed E-state index contributed by atoms with van der Waals surface area (Å²) in [6.45, 7) is 1.15. The number of benzene rings is 2. The molecule has 2 heterocycles. The van der Waals surface area contributed by atoms with Crippen molar-refractivity contribution in [3.8, 4) is 11.4 Å². The van der Waals surface area contributed by atoms with E-state index < -0.39 is 12.2 Å². The SMILES string of the molecule is O=C(N[C@H]1CCCC[C@@H]1O)C1CN(Cc2ccc(-n3cccc3)cc2)c2ccccc2O1. The molecule has 6 nitrogen and oxygen atoms in total. The van der Waals surface area contributed by atoms with Crippen molar-refractivity contribution in [1.82, 2.24) is 9.88 Å². The molecule has 3 atom stereocenters. The number of rotatable bonds is 5. The minimum absolute atomic E-state index is 0.154. The summed E-state index contributed by atoms with van der Waals surface area (Å²) in [6, 6.07) is 20.2. The van der Waals surface area contributed by atoms with Crippen LogP contribution in [0.15, 0.2) is 73.1 Å². The second-order valence-electron chi connectivity index (χ2n) is 8.68. The largest absolute Gasteiger partial charge is 0.477 e. The normalized spacial score (nSPS) is 22.7. The third-order valence-electron chi connectivity index (χ3n) is 6.42. The number of aliphatic hydroxyl groups is 1. The number of ether oxygens (including phenoxy) is 1. The van der Waals surface area contributed by atoms with Crippen LogP contribution < -0.4 is 15.0 Å². The van der Waals surface area contributed by atoms with E-state index in [4.69, 9.17) is 4.74 Å². The first kappa shape index (κ1) is 20.6. The Kier molecular flexibility index (Phi) is 5.86. The molecule has 166 valence electrons. The van der Waals surface area contributed by atoms with Gasteiger partial charge in [-0.15, -0.1) is 0 Å². The molecule has 1 saturated carbocycles. The molecular weight excluding hydrogens is 402 g/mol. The Morgan fingerprint density at radius 1 is 1.00 bits per heavy atom. The summed E-state index contributed by atoms with van der Waals surface area (Å²) < 4.78 is 8.15. The molecule has 1 fully saturated rings. The third kappa shape index (κ3) is 4.36. The van der Waals surface area contributed by atoms with E-state index in [1.807, 2.05) is 48.8 Å². The van der Waals surface area contributed by atoms with Crippen LogP contribution in [-0.4, -0.2) is 40.4 Å². The van der Waals surface area contributed by atoms with Crippen molar-refractivity contribution < 1.29 is 14.6 Å². The Morgan fingerprint density at radius 2 is 1.75 bits per heavy atom.